The Morgan fingerprint density at radius 1 is 1.12 bits per heavy atom. The lowest BCUT2D eigenvalue weighted by Crippen LogP contribution is -2.69. The summed E-state index contributed by atoms with van der Waals surface area (Å²) in [5.74, 6) is 5.58. The Bertz CT molecular complexity index is 1850. The van der Waals surface area contributed by atoms with Gasteiger partial charge in [0.2, 0.25) is 0 Å². The summed E-state index contributed by atoms with van der Waals surface area (Å²) in [6.07, 6.45) is -1.15. The Hall–Kier alpha value is -4.49. The van der Waals surface area contributed by atoms with E-state index in [1.54, 1.807) is 4.90 Å². The molecule has 3 aromatic carbocycles. The fourth-order valence-electron chi connectivity index (χ4n) is 9.10. The highest BCUT2D eigenvalue weighted by Crippen LogP contribution is 2.65. The van der Waals surface area contributed by atoms with E-state index in [1.807, 2.05) is 19.9 Å². The first-order valence-electron chi connectivity index (χ1n) is 17.4. The Kier molecular flexibility index (Phi) is 8.83. The van der Waals surface area contributed by atoms with Crippen molar-refractivity contribution < 1.29 is 37.3 Å². The molecule has 1 saturated heterocycles. The minimum atomic E-state index is -4.46. The highest BCUT2D eigenvalue weighted by molar-refractivity contribution is 5.94. The molecule has 5 atom stereocenters. The zero-order chi connectivity index (χ0) is 35.4. The van der Waals surface area contributed by atoms with E-state index in [-0.39, 0.29) is 35.4 Å². The second-order valence-corrected chi connectivity index (χ2v) is 14.5. The molecule has 10 heteroatoms. The Balaban J connectivity index is 1.25. The van der Waals surface area contributed by atoms with Crippen LogP contribution in [0.5, 0.6) is 17.2 Å². The van der Waals surface area contributed by atoms with Crippen LogP contribution in [0.15, 0.2) is 60.7 Å². The first-order valence-corrected chi connectivity index (χ1v) is 17.4. The van der Waals surface area contributed by atoms with Gasteiger partial charge >= 0.3 is 12.1 Å². The molecule has 2 bridgehead atoms. The number of hydrogen-bond acceptors (Lipinski definition) is 6. The van der Waals surface area contributed by atoms with Crippen LogP contribution < -0.4 is 9.47 Å². The van der Waals surface area contributed by atoms with Crippen molar-refractivity contribution in [3.05, 3.63) is 88.5 Å². The predicted molar refractivity (Wildman–Crippen MR) is 181 cm³/mol. The number of aromatic hydroxyl groups is 1. The summed E-state index contributed by atoms with van der Waals surface area (Å²) in [5, 5.41) is 11.4. The van der Waals surface area contributed by atoms with Crippen molar-refractivity contribution in [2.24, 2.45) is 11.8 Å². The van der Waals surface area contributed by atoms with Gasteiger partial charge in [-0.05, 0) is 80.3 Å². The normalized spacial score (nSPS) is 24.9. The molecule has 2 aliphatic carbocycles. The molecule has 2 heterocycles. The van der Waals surface area contributed by atoms with E-state index in [0.717, 1.165) is 55.6 Å². The predicted octanol–water partition coefficient (Wildman–Crippen LogP) is 6.52. The number of esters is 1. The maximum atomic E-state index is 14.0. The number of carbonyl (C=O) groups excluding carboxylic acids is 2. The largest absolute Gasteiger partial charge is 0.508 e. The van der Waals surface area contributed by atoms with E-state index in [9.17, 15) is 27.9 Å². The van der Waals surface area contributed by atoms with Gasteiger partial charge in [-0.2, -0.15) is 13.2 Å². The summed E-state index contributed by atoms with van der Waals surface area (Å²) < 4.78 is 51.8. The number of phenols is 1. The molecule has 7 nitrogen and oxygen atoms in total. The summed E-state index contributed by atoms with van der Waals surface area (Å²) in [7, 11) is 0. The van der Waals surface area contributed by atoms with E-state index < -0.39 is 35.1 Å². The highest BCUT2D eigenvalue weighted by Gasteiger charge is 2.67. The zero-order valence-electron chi connectivity index (χ0n) is 28.4. The van der Waals surface area contributed by atoms with E-state index in [2.05, 4.69) is 41.0 Å². The number of nitrogens with zero attached hydrogens (tertiary/aromatic N) is 2. The number of phenolic OH excluding ortho intramolecular Hbond substituents is 1. The van der Waals surface area contributed by atoms with E-state index in [0.29, 0.717) is 30.7 Å². The summed E-state index contributed by atoms with van der Waals surface area (Å²) in [5.41, 5.74) is 2.00. The fourth-order valence-corrected chi connectivity index (χ4v) is 9.10. The van der Waals surface area contributed by atoms with Gasteiger partial charge in [0.15, 0.2) is 11.5 Å². The molecular weight excluding hydrogens is 645 g/mol. The van der Waals surface area contributed by atoms with Crippen LogP contribution in [-0.4, -0.2) is 64.6 Å². The van der Waals surface area contributed by atoms with Gasteiger partial charge in [-0.1, -0.05) is 50.1 Å². The summed E-state index contributed by atoms with van der Waals surface area (Å²) in [6.45, 7) is 7.45. The van der Waals surface area contributed by atoms with Crippen molar-refractivity contribution in [3.63, 3.8) is 0 Å². The molecule has 1 N–H and O–H groups in total. The first kappa shape index (κ1) is 34.0. The van der Waals surface area contributed by atoms with Crippen LogP contribution in [0.25, 0.3) is 0 Å². The van der Waals surface area contributed by atoms with Gasteiger partial charge in [0.05, 0.1) is 11.6 Å². The molecule has 2 aliphatic heterocycles. The highest BCUT2D eigenvalue weighted by atomic mass is 19.4. The van der Waals surface area contributed by atoms with Gasteiger partial charge in [-0.15, -0.1) is 0 Å². The van der Waals surface area contributed by atoms with Gasteiger partial charge in [-0.3, -0.25) is 14.5 Å². The lowest BCUT2D eigenvalue weighted by atomic mass is 9.50. The topological polar surface area (TPSA) is 79.3 Å². The van der Waals surface area contributed by atoms with Crippen molar-refractivity contribution in [3.8, 4) is 29.1 Å². The molecule has 1 spiro atoms. The SMILES string of the molecule is CC(=O)Oc1cc(O)c2c3c1O[C@H]1[C@H](N(CC(C)C)C(=O)C#Cc4ccc(C(F)(F)F)cc4)CC[C@H]4[C@@H](C2)N(CCc2ccccc2)CC[C@@]341. The first-order chi connectivity index (χ1) is 23.9. The number of rotatable bonds is 7. The van der Waals surface area contributed by atoms with Crippen LogP contribution in [0.1, 0.15) is 67.9 Å². The molecule has 1 saturated carbocycles. The number of carbonyl (C=O) groups is 2. The molecule has 3 aromatic rings. The van der Waals surface area contributed by atoms with Gasteiger partial charge in [0.1, 0.15) is 11.9 Å². The monoisotopic (exact) mass is 686 g/mol. The number of hydrogen-bond donors (Lipinski definition) is 1. The Morgan fingerprint density at radius 2 is 1.86 bits per heavy atom. The van der Waals surface area contributed by atoms with Crippen LogP contribution in [0, 0.1) is 23.7 Å². The molecule has 262 valence electrons. The van der Waals surface area contributed by atoms with Gasteiger partial charge in [0, 0.05) is 60.1 Å². The maximum Gasteiger partial charge on any atom is 0.416 e. The Morgan fingerprint density at radius 3 is 2.54 bits per heavy atom. The summed E-state index contributed by atoms with van der Waals surface area (Å²) in [6, 6.07) is 16.1. The number of halogens is 3. The molecule has 0 unspecified atom stereocenters. The zero-order valence-corrected chi connectivity index (χ0v) is 28.4. The van der Waals surface area contributed by atoms with Crippen LogP contribution in [0.3, 0.4) is 0 Å². The number of ether oxygens (including phenoxy) is 2. The maximum absolute atomic E-state index is 14.0. The van der Waals surface area contributed by atoms with Crippen molar-refractivity contribution in [2.45, 2.75) is 82.7 Å². The van der Waals surface area contributed by atoms with Crippen LogP contribution >= 0.6 is 0 Å². The second-order valence-electron chi connectivity index (χ2n) is 14.5. The minimum Gasteiger partial charge on any atom is -0.508 e. The van der Waals surface area contributed by atoms with Crippen LogP contribution in [0.4, 0.5) is 13.2 Å². The molecule has 0 aromatic heterocycles. The standard InChI is InChI=1S/C40H41F3N2O5/c1-24(2)23-45(35(48)16-11-27-9-12-28(13-10-27)40(41,42)43)31-15-14-30-32-21-29-33(47)22-34(49-25(3)46)37-36(29)39(30,38(31)50-37)18-20-44(32)19-17-26-7-5-4-6-8-26/h4-10,12-13,22,24,30-32,38,47H,14-15,17-21,23H2,1-3H3/t30-,31+,32+,38-,39-/m0/s1. The fraction of sp³-hybridized carbons (Fsp3) is 0.450. The van der Waals surface area contributed by atoms with Gasteiger partial charge < -0.3 is 19.5 Å². The molecule has 4 aliphatic rings. The number of benzene rings is 3. The van der Waals surface area contributed by atoms with E-state index in [4.69, 9.17) is 9.47 Å². The average molecular weight is 687 g/mol. The number of piperidine rings is 1. The van der Waals surface area contributed by atoms with Gasteiger partial charge in [0.25, 0.3) is 5.91 Å². The molecule has 2 fully saturated rings. The van der Waals surface area contributed by atoms with Crippen LogP contribution in [0.2, 0.25) is 0 Å². The minimum absolute atomic E-state index is 0.0802. The number of likely N-dealkylation sites (tertiary alicyclic amines) is 1. The third-order valence-corrected chi connectivity index (χ3v) is 11.0. The second kappa shape index (κ2) is 13.0. The van der Waals surface area contributed by atoms with Crippen LogP contribution in [-0.2, 0) is 34.0 Å². The number of alkyl halides is 3. The lowest BCUT2D eigenvalue weighted by Gasteiger charge is -2.60. The molecule has 7 rings (SSSR count). The van der Waals surface area contributed by atoms with Gasteiger partial charge in [-0.25, -0.2) is 0 Å². The lowest BCUT2D eigenvalue weighted by molar-refractivity contribution is -0.138. The van der Waals surface area contributed by atoms with Crippen molar-refractivity contribution in [2.75, 3.05) is 19.6 Å². The third kappa shape index (κ3) is 6.00. The molecular formula is C40H41F3N2O5. The van der Waals surface area contributed by atoms with E-state index in [1.165, 1.54) is 30.7 Å². The smallest absolute Gasteiger partial charge is 0.416 e. The molecule has 50 heavy (non-hydrogen) atoms. The Labute approximate surface area is 290 Å². The van der Waals surface area contributed by atoms with Crippen molar-refractivity contribution >= 4 is 11.9 Å². The third-order valence-electron chi connectivity index (χ3n) is 11.0. The molecule has 1 amide bonds. The number of amides is 1. The van der Waals surface area contributed by atoms with Crippen molar-refractivity contribution in [1.29, 1.82) is 0 Å². The van der Waals surface area contributed by atoms with E-state index >= 15 is 0 Å². The summed E-state index contributed by atoms with van der Waals surface area (Å²) in [4.78, 5) is 30.5. The van der Waals surface area contributed by atoms with Crippen molar-refractivity contribution in [1.82, 2.24) is 9.80 Å². The summed E-state index contributed by atoms with van der Waals surface area (Å²) >= 11 is 0. The molecule has 0 radical (unpaired) electrons. The average Bonchev–Trinajstić information content (AvgIpc) is 3.42. The quantitative estimate of drug-likeness (QED) is 0.173.